The highest BCUT2D eigenvalue weighted by Crippen LogP contribution is 2.32. The van der Waals surface area contributed by atoms with Crippen molar-refractivity contribution >= 4 is 6.03 Å². The summed E-state index contributed by atoms with van der Waals surface area (Å²) >= 11 is 0. The molecule has 4 heteroatoms. The molecule has 0 aliphatic carbocycles. The van der Waals surface area contributed by atoms with E-state index in [2.05, 4.69) is 24.4 Å². The summed E-state index contributed by atoms with van der Waals surface area (Å²) in [4.78, 5) is 13.5. The molecule has 1 unspecified atom stereocenters. The molecule has 1 aromatic rings. The number of aryl methyl sites for hydroxylation is 2. The average molecular weight is 248 g/mol. The summed E-state index contributed by atoms with van der Waals surface area (Å²) in [5, 5.41) is 3.01. The minimum Gasteiger partial charge on any atom is -0.496 e. The molecule has 4 nitrogen and oxygen atoms in total. The Kier molecular flexibility index (Phi) is 3.45. The van der Waals surface area contributed by atoms with Crippen molar-refractivity contribution in [2.75, 3.05) is 20.2 Å². The Hall–Kier alpha value is -1.71. The Morgan fingerprint density at radius 2 is 2.17 bits per heavy atom. The van der Waals surface area contributed by atoms with Crippen molar-refractivity contribution in [1.82, 2.24) is 10.2 Å². The molecular weight excluding hydrogens is 228 g/mol. The van der Waals surface area contributed by atoms with Crippen molar-refractivity contribution in [3.63, 3.8) is 0 Å². The third kappa shape index (κ3) is 2.15. The Balaban J connectivity index is 2.37. The molecule has 1 saturated heterocycles. The first-order chi connectivity index (χ1) is 8.56. The Labute approximate surface area is 108 Å². The van der Waals surface area contributed by atoms with Gasteiger partial charge in [-0.25, -0.2) is 4.79 Å². The van der Waals surface area contributed by atoms with Gasteiger partial charge in [-0.2, -0.15) is 0 Å². The van der Waals surface area contributed by atoms with Gasteiger partial charge in [-0.1, -0.05) is 17.7 Å². The van der Waals surface area contributed by atoms with Gasteiger partial charge in [0.05, 0.1) is 13.2 Å². The van der Waals surface area contributed by atoms with E-state index in [0.29, 0.717) is 6.54 Å². The summed E-state index contributed by atoms with van der Waals surface area (Å²) < 4.78 is 5.48. The zero-order chi connectivity index (χ0) is 13.3. The van der Waals surface area contributed by atoms with Crippen LogP contribution in [0, 0.1) is 13.8 Å². The zero-order valence-corrected chi connectivity index (χ0v) is 11.4. The van der Waals surface area contributed by atoms with E-state index >= 15 is 0 Å². The molecule has 1 aromatic carbocycles. The molecule has 18 heavy (non-hydrogen) atoms. The first kappa shape index (κ1) is 12.7. The van der Waals surface area contributed by atoms with Crippen LogP contribution in [0.3, 0.4) is 0 Å². The molecule has 0 bridgehead atoms. The summed E-state index contributed by atoms with van der Waals surface area (Å²) in [5.41, 5.74) is 3.36. The van der Waals surface area contributed by atoms with Crippen LogP contribution in [0.2, 0.25) is 0 Å². The maximum Gasteiger partial charge on any atom is 0.318 e. The van der Waals surface area contributed by atoms with Gasteiger partial charge in [0.15, 0.2) is 0 Å². The average Bonchev–Trinajstić information content (AvgIpc) is 2.69. The van der Waals surface area contributed by atoms with Crippen LogP contribution in [0.5, 0.6) is 5.75 Å². The van der Waals surface area contributed by atoms with Crippen molar-refractivity contribution in [1.29, 1.82) is 0 Å². The number of carbonyl (C=O) groups is 1. The van der Waals surface area contributed by atoms with E-state index in [4.69, 9.17) is 4.74 Å². The fraction of sp³-hybridized carbons (Fsp3) is 0.500. The topological polar surface area (TPSA) is 41.6 Å². The second-order valence-corrected chi connectivity index (χ2v) is 4.75. The van der Waals surface area contributed by atoms with E-state index in [-0.39, 0.29) is 12.1 Å². The molecule has 2 rings (SSSR count). The zero-order valence-electron chi connectivity index (χ0n) is 11.4. The van der Waals surface area contributed by atoms with Gasteiger partial charge >= 0.3 is 6.03 Å². The molecule has 1 aliphatic rings. The number of carbonyl (C=O) groups excluding carboxylic acids is 1. The number of likely N-dealkylation sites (N-methyl/N-ethyl adjacent to an activating group) is 1. The predicted molar refractivity (Wildman–Crippen MR) is 71.0 cm³/mol. The van der Waals surface area contributed by atoms with Gasteiger partial charge in [0, 0.05) is 18.7 Å². The minimum absolute atomic E-state index is 0.00344. The molecule has 0 aromatic heterocycles. The SMILES string of the molecule is CCN1CC(c2cc(C)cc(C)c2OC)NC1=O. The van der Waals surface area contributed by atoms with E-state index in [1.807, 2.05) is 18.7 Å². The Bertz CT molecular complexity index is 471. The molecule has 1 aliphatic heterocycles. The third-order valence-corrected chi connectivity index (χ3v) is 3.40. The van der Waals surface area contributed by atoms with Crippen LogP contribution < -0.4 is 10.1 Å². The lowest BCUT2D eigenvalue weighted by atomic mass is 10.00. The Morgan fingerprint density at radius 3 is 2.72 bits per heavy atom. The van der Waals surface area contributed by atoms with Crippen LogP contribution in [0.1, 0.15) is 29.7 Å². The molecule has 0 radical (unpaired) electrons. The lowest BCUT2D eigenvalue weighted by Crippen LogP contribution is -2.27. The number of ether oxygens (including phenoxy) is 1. The summed E-state index contributed by atoms with van der Waals surface area (Å²) in [6, 6.07) is 4.21. The highest BCUT2D eigenvalue weighted by Gasteiger charge is 2.30. The first-order valence-corrected chi connectivity index (χ1v) is 6.27. The van der Waals surface area contributed by atoms with Gasteiger partial charge in [0.2, 0.25) is 0 Å². The molecule has 2 amide bonds. The normalized spacial score (nSPS) is 19.0. The third-order valence-electron chi connectivity index (χ3n) is 3.40. The largest absolute Gasteiger partial charge is 0.496 e. The molecule has 0 saturated carbocycles. The number of hydrogen-bond donors (Lipinski definition) is 1. The smallest absolute Gasteiger partial charge is 0.318 e. The molecule has 1 fully saturated rings. The molecule has 1 atom stereocenters. The van der Waals surface area contributed by atoms with Crippen LogP contribution in [-0.2, 0) is 0 Å². The first-order valence-electron chi connectivity index (χ1n) is 6.27. The van der Waals surface area contributed by atoms with E-state index in [0.717, 1.165) is 23.4 Å². The summed E-state index contributed by atoms with van der Waals surface area (Å²) in [6.45, 7) is 7.51. The van der Waals surface area contributed by atoms with Gasteiger partial charge in [-0.05, 0) is 26.3 Å². The van der Waals surface area contributed by atoms with Crippen molar-refractivity contribution in [3.05, 3.63) is 28.8 Å². The number of hydrogen-bond acceptors (Lipinski definition) is 2. The standard InChI is InChI=1S/C14H20N2O2/c1-5-16-8-12(15-14(16)17)11-7-9(2)6-10(3)13(11)18-4/h6-7,12H,5,8H2,1-4H3,(H,15,17). The fourth-order valence-corrected chi connectivity index (χ4v) is 2.56. The molecular formula is C14H20N2O2. The number of methoxy groups -OCH3 is 1. The molecule has 1 N–H and O–H groups in total. The summed E-state index contributed by atoms with van der Waals surface area (Å²) in [6.07, 6.45) is 0. The summed E-state index contributed by atoms with van der Waals surface area (Å²) in [5.74, 6) is 0.879. The van der Waals surface area contributed by atoms with Crippen molar-refractivity contribution in [2.45, 2.75) is 26.8 Å². The quantitative estimate of drug-likeness (QED) is 0.892. The van der Waals surface area contributed by atoms with E-state index in [1.54, 1.807) is 7.11 Å². The van der Waals surface area contributed by atoms with Gasteiger partial charge in [0.1, 0.15) is 5.75 Å². The van der Waals surface area contributed by atoms with Crippen LogP contribution >= 0.6 is 0 Å². The van der Waals surface area contributed by atoms with Crippen LogP contribution in [-0.4, -0.2) is 31.1 Å². The minimum atomic E-state index is 0.00344. The second-order valence-electron chi connectivity index (χ2n) is 4.75. The van der Waals surface area contributed by atoms with E-state index in [1.165, 1.54) is 5.56 Å². The maximum atomic E-state index is 11.7. The maximum absolute atomic E-state index is 11.7. The van der Waals surface area contributed by atoms with Crippen LogP contribution in [0.25, 0.3) is 0 Å². The highest BCUT2D eigenvalue weighted by molar-refractivity contribution is 5.77. The lowest BCUT2D eigenvalue weighted by Gasteiger charge is -2.17. The Morgan fingerprint density at radius 1 is 1.44 bits per heavy atom. The summed E-state index contributed by atoms with van der Waals surface area (Å²) in [7, 11) is 1.68. The lowest BCUT2D eigenvalue weighted by molar-refractivity contribution is 0.219. The number of nitrogens with zero attached hydrogens (tertiary/aromatic N) is 1. The molecule has 1 heterocycles. The van der Waals surface area contributed by atoms with Crippen molar-refractivity contribution in [2.24, 2.45) is 0 Å². The number of benzene rings is 1. The highest BCUT2D eigenvalue weighted by atomic mass is 16.5. The molecule has 98 valence electrons. The number of rotatable bonds is 3. The van der Waals surface area contributed by atoms with Crippen LogP contribution in [0.4, 0.5) is 4.79 Å². The van der Waals surface area contributed by atoms with Gasteiger partial charge in [0.25, 0.3) is 0 Å². The van der Waals surface area contributed by atoms with Gasteiger partial charge in [-0.15, -0.1) is 0 Å². The monoisotopic (exact) mass is 248 g/mol. The predicted octanol–water partition coefficient (Wildman–Crippen LogP) is 2.40. The van der Waals surface area contributed by atoms with E-state index < -0.39 is 0 Å². The fourth-order valence-electron chi connectivity index (χ4n) is 2.56. The van der Waals surface area contributed by atoms with Crippen molar-refractivity contribution in [3.8, 4) is 5.75 Å². The number of amides is 2. The second kappa shape index (κ2) is 4.88. The van der Waals surface area contributed by atoms with Crippen molar-refractivity contribution < 1.29 is 9.53 Å². The number of nitrogens with one attached hydrogen (secondary N) is 1. The van der Waals surface area contributed by atoms with E-state index in [9.17, 15) is 4.79 Å². The van der Waals surface area contributed by atoms with Crippen LogP contribution in [0.15, 0.2) is 12.1 Å². The van der Waals surface area contributed by atoms with Gasteiger partial charge in [-0.3, -0.25) is 0 Å². The van der Waals surface area contributed by atoms with Gasteiger partial charge < -0.3 is 15.0 Å². The number of urea groups is 1. The molecule has 0 spiro atoms.